The number of thioether (sulfide) groups is 2. The van der Waals surface area contributed by atoms with Crippen LogP contribution in [-0.4, -0.2) is 16.1 Å². The number of hydrogen-bond acceptors (Lipinski definition) is 2. The Morgan fingerprint density at radius 1 is 1.13 bits per heavy atom. The van der Waals surface area contributed by atoms with Crippen molar-refractivity contribution in [2.24, 2.45) is 11.8 Å². The summed E-state index contributed by atoms with van der Waals surface area (Å²) in [7, 11) is 0. The normalized spacial score (nSPS) is 37.0. The predicted octanol–water partition coefficient (Wildman–Crippen LogP) is 4.79. The smallest absolute Gasteiger partial charge is 0.0395 e. The molecule has 2 rings (SSSR count). The van der Waals surface area contributed by atoms with Gasteiger partial charge < -0.3 is 0 Å². The number of hydrogen-bond donors (Lipinski definition) is 0. The molecule has 0 aromatic rings. The second-order valence-electron chi connectivity index (χ2n) is 5.12. The molecule has 0 spiro atoms. The fraction of sp³-hybridized carbons (Fsp3) is 1.00. The largest absolute Gasteiger partial charge is 0.150 e. The number of unbranched alkanes of at least 4 members (excludes halogenated alkanes) is 1. The van der Waals surface area contributed by atoms with Gasteiger partial charge in [-0.05, 0) is 24.7 Å². The molecule has 1 atom stereocenters. The Hall–Kier alpha value is 0.700. The molecule has 1 aliphatic heterocycles. The van der Waals surface area contributed by atoms with E-state index in [1.54, 1.807) is 0 Å². The summed E-state index contributed by atoms with van der Waals surface area (Å²) in [5.74, 6) is 3.60. The quantitative estimate of drug-likeness (QED) is 0.697. The third kappa shape index (κ3) is 3.59. The molecule has 1 saturated heterocycles. The van der Waals surface area contributed by atoms with Crippen LogP contribution in [0, 0.1) is 11.8 Å². The van der Waals surface area contributed by atoms with Crippen molar-refractivity contribution in [3.63, 3.8) is 0 Å². The molecular formula is C13H24S2. The van der Waals surface area contributed by atoms with Crippen LogP contribution in [0.3, 0.4) is 0 Å². The van der Waals surface area contributed by atoms with Gasteiger partial charge in [0, 0.05) is 16.1 Å². The van der Waals surface area contributed by atoms with Gasteiger partial charge in [-0.2, -0.15) is 0 Å². The highest BCUT2D eigenvalue weighted by Crippen LogP contribution is 2.42. The van der Waals surface area contributed by atoms with Gasteiger partial charge >= 0.3 is 0 Å². The minimum Gasteiger partial charge on any atom is -0.150 e. The van der Waals surface area contributed by atoms with Crippen LogP contribution < -0.4 is 0 Å². The highest BCUT2D eigenvalue weighted by atomic mass is 32.2. The molecule has 1 aliphatic carbocycles. The monoisotopic (exact) mass is 244 g/mol. The van der Waals surface area contributed by atoms with Crippen molar-refractivity contribution in [2.75, 3.05) is 10.8 Å². The molecule has 15 heavy (non-hydrogen) atoms. The average Bonchev–Trinajstić information content (AvgIpc) is 2.80. The maximum Gasteiger partial charge on any atom is 0.0395 e. The SMILES string of the molecule is CCCCC1CCC(C2CSCS2)CC1. The summed E-state index contributed by atoms with van der Waals surface area (Å²) in [6.07, 6.45) is 10.5. The first kappa shape index (κ1) is 12.2. The van der Waals surface area contributed by atoms with Crippen LogP contribution in [0.4, 0.5) is 0 Å². The summed E-state index contributed by atoms with van der Waals surface area (Å²) >= 11 is 4.38. The Morgan fingerprint density at radius 2 is 1.93 bits per heavy atom. The van der Waals surface area contributed by atoms with Crippen molar-refractivity contribution < 1.29 is 0 Å². The molecule has 1 saturated carbocycles. The Kier molecular flexibility index (Phi) is 5.22. The van der Waals surface area contributed by atoms with E-state index in [2.05, 4.69) is 30.4 Å². The third-order valence-electron chi connectivity index (χ3n) is 4.03. The van der Waals surface area contributed by atoms with E-state index >= 15 is 0 Å². The van der Waals surface area contributed by atoms with E-state index in [9.17, 15) is 0 Å². The van der Waals surface area contributed by atoms with E-state index in [0.717, 1.165) is 17.1 Å². The van der Waals surface area contributed by atoms with Crippen LogP contribution >= 0.6 is 23.5 Å². The molecule has 2 aliphatic rings. The average molecular weight is 244 g/mol. The highest BCUT2D eigenvalue weighted by molar-refractivity contribution is 8.19. The van der Waals surface area contributed by atoms with Crippen molar-refractivity contribution in [1.29, 1.82) is 0 Å². The first-order chi connectivity index (χ1) is 7.40. The highest BCUT2D eigenvalue weighted by Gasteiger charge is 2.29. The maximum atomic E-state index is 2.32. The molecule has 2 fully saturated rings. The van der Waals surface area contributed by atoms with Crippen LogP contribution in [0.1, 0.15) is 51.9 Å². The summed E-state index contributed by atoms with van der Waals surface area (Å²) in [4.78, 5) is 0. The van der Waals surface area contributed by atoms with Crippen molar-refractivity contribution in [3.05, 3.63) is 0 Å². The summed E-state index contributed by atoms with van der Waals surface area (Å²) in [6, 6.07) is 0. The minimum absolute atomic E-state index is 1.02. The van der Waals surface area contributed by atoms with Crippen molar-refractivity contribution >= 4 is 23.5 Å². The molecule has 0 amide bonds. The lowest BCUT2D eigenvalue weighted by atomic mass is 9.78. The fourth-order valence-electron chi connectivity index (χ4n) is 2.96. The molecule has 0 nitrogen and oxygen atoms in total. The maximum absolute atomic E-state index is 2.32. The molecule has 0 aromatic carbocycles. The van der Waals surface area contributed by atoms with Gasteiger partial charge in [0.05, 0.1) is 0 Å². The lowest BCUT2D eigenvalue weighted by Gasteiger charge is -2.31. The first-order valence-electron chi connectivity index (χ1n) is 6.59. The van der Waals surface area contributed by atoms with Crippen molar-refractivity contribution in [1.82, 2.24) is 0 Å². The van der Waals surface area contributed by atoms with E-state index in [1.165, 1.54) is 55.8 Å². The predicted molar refractivity (Wildman–Crippen MR) is 73.7 cm³/mol. The molecule has 1 unspecified atom stereocenters. The van der Waals surface area contributed by atoms with E-state index in [-0.39, 0.29) is 0 Å². The molecule has 88 valence electrons. The third-order valence-corrected chi connectivity index (χ3v) is 7.03. The van der Waals surface area contributed by atoms with Gasteiger partial charge in [0.1, 0.15) is 0 Å². The lowest BCUT2D eigenvalue weighted by molar-refractivity contribution is 0.260. The molecule has 0 N–H and O–H groups in total. The Morgan fingerprint density at radius 3 is 2.53 bits per heavy atom. The van der Waals surface area contributed by atoms with E-state index in [0.29, 0.717) is 0 Å². The Bertz CT molecular complexity index is 167. The van der Waals surface area contributed by atoms with Gasteiger partial charge in [0.2, 0.25) is 0 Å². The zero-order valence-electron chi connectivity index (χ0n) is 9.91. The van der Waals surface area contributed by atoms with Crippen molar-refractivity contribution in [2.45, 2.75) is 57.1 Å². The Labute approximate surface area is 103 Å². The standard InChI is InChI=1S/C13H24S2/c1-2-3-4-11-5-7-12(8-6-11)13-9-14-10-15-13/h11-13H,2-10H2,1H3. The number of rotatable bonds is 4. The summed E-state index contributed by atoms with van der Waals surface area (Å²) in [5, 5.41) is 2.38. The van der Waals surface area contributed by atoms with Crippen LogP contribution in [0.2, 0.25) is 0 Å². The summed E-state index contributed by atoms with van der Waals surface area (Å²) < 4.78 is 0. The van der Waals surface area contributed by atoms with Gasteiger partial charge in [-0.25, -0.2) is 0 Å². The van der Waals surface area contributed by atoms with E-state index in [4.69, 9.17) is 0 Å². The van der Waals surface area contributed by atoms with E-state index < -0.39 is 0 Å². The second-order valence-corrected chi connectivity index (χ2v) is 7.74. The molecule has 0 radical (unpaired) electrons. The van der Waals surface area contributed by atoms with Crippen LogP contribution in [0.5, 0.6) is 0 Å². The van der Waals surface area contributed by atoms with Crippen LogP contribution in [-0.2, 0) is 0 Å². The van der Waals surface area contributed by atoms with Gasteiger partial charge in [-0.15, -0.1) is 23.5 Å². The molecule has 0 bridgehead atoms. The van der Waals surface area contributed by atoms with Gasteiger partial charge in [0.15, 0.2) is 0 Å². The first-order valence-corrected chi connectivity index (χ1v) is 8.80. The van der Waals surface area contributed by atoms with Gasteiger partial charge in [0.25, 0.3) is 0 Å². The minimum atomic E-state index is 1.02. The van der Waals surface area contributed by atoms with Gasteiger partial charge in [-0.1, -0.05) is 39.0 Å². The van der Waals surface area contributed by atoms with Crippen LogP contribution in [0.25, 0.3) is 0 Å². The molecule has 0 aromatic heterocycles. The fourth-order valence-corrected chi connectivity index (χ4v) is 6.15. The zero-order chi connectivity index (χ0) is 10.5. The molecular weight excluding hydrogens is 220 g/mol. The van der Waals surface area contributed by atoms with Crippen LogP contribution in [0.15, 0.2) is 0 Å². The topological polar surface area (TPSA) is 0 Å². The summed E-state index contributed by atoms with van der Waals surface area (Å²) in [5.41, 5.74) is 0. The van der Waals surface area contributed by atoms with Gasteiger partial charge in [-0.3, -0.25) is 0 Å². The Balaban J connectivity index is 1.67. The lowest BCUT2D eigenvalue weighted by Crippen LogP contribution is -2.23. The second kappa shape index (κ2) is 6.44. The van der Waals surface area contributed by atoms with E-state index in [1.807, 2.05) is 0 Å². The van der Waals surface area contributed by atoms with Crippen molar-refractivity contribution in [3.8, 4) is 0 Å². The molecule has 1 heterocycles. The molecule has 2 heteroatoms. The summed E-state index contributed by atoms with van der Waals surface area (Å²) in [6.45, 7) is 2.32. The zero-order valence-corrected chi connectivity index (χ0v) is 11.5.